The number of carbonyl (C=O) groups excluding carboxylic acids is 1. The second kappa shape index (κ2) is 6.94. The van der Waals surface area contributed by atoms with E-state index in [1.807, 2.05) is 24.3 Å². The normalized spacial score (nSPS) is 10.8. The van der Waals surface area contributed by atoms with E-state index in [-0.39, 0.29) is 12.5 Å². The maximum Gasteiger partial charge on any atom is 0.490 e. The molecule has 0 spiro atoms. The predicted molar refractivity (Wildman–Crippen MR) is 72.4 cm³/mol. The van der Waals surface area contributed by atoms with Crippen LogP contribution in [-0.4, -0.2) is 36.8 Å². The number of carboxylic acids is 1. The maximum atomic E-state index is 11.4. The van der Waals surface area contributed by atoms with Gasteiger partial charge in [-0.3, -0.25) is 4.79 Å². The fourth-order valence-corrected chi connectivity index (χ4v) is 1.44. The van der Waals surface area contributed by atoms with E-state index in [9.17, 15) is 18.0 Å². The fraction of sp³-hybridized carbons (Fsp3) is 0.231. The van der Waals surface area contributed by atoms with E-state index >= 15 is 0 Å². The average Bonchev–Trinajstić information content (AvgIpc) is 2.92. The Morgan fingerprint density at radius 3 is 2.41 bits per heavy atom. The van der Waals surface area contributed by atoms with Crippen molar-refractivity contribution in [1.82, 2.24) is 0 Å². The quantitative estimate of drug-likeness (QED) is 0.882. The molecule has 1 aromatic carbocycles. The van der Waals surface area contributed by atoms with Gasteiger partial charge in [-0.15, -0.1) is 0 Å². The lowest BCUT2D eigenvalue weighted by Crippen LogP contribution is -2.32. The van der Waals surface area contributed by atoms with Crippen LogP contribution >= 0.6 is 0 Å². The molecule has 1 amide bonds. The van der Waals surface area contributed by atoms with Gasteiger partial charge >= 0.3 is 12.1 Å². The van der Waals surface area contributed by atoms with Crippen LogP contribution in [0.1, 0.15) is 0 Å². The highest BCUT2D eigenvalue weighted by molar-refractivity contribution is 5.96. The van der Waals surface area contributed by atoms with Gasteiger partial charge in [0.2, 0.25) is 5.91 Å². The highest BCUT2D eigenvalue weighted by Crippen LogP contribution is 2.22. The minimum absolute atomic E-state index is 0.0138. The maximum absolute atomic E-state index is 11.4. The zero-order valence-corrected chi connectivity index (χ0v) is 11.4. The third kappa shape index (κ3) is 4.48. The molecule has 0 aliphatic rings. The molecule has 22 heavy (non-hydrogen) atoms. The second-order valence-corrected chi connectivity index (χ2v) is 4.10. The lowest BCUT2D eigenvalue weighted by molar-refractivity contribution is -0.192. The van der Waals surface area contributed by atoms with E-state index in [1.54, 1.807) is 13.3 Å². The predicted octanol–water partition coefficient (Wildman–Crippen LogP) is 1.99. The molecule has 0 saturated carbocycles. The van der Waals surface area contributed by atoms with Crippen LogP contribution in [0.5, 0.6) is 0 Å². The summed E-state index contributed by atoms with van der Waals surface area (Å²) >= 11 is 0. The summed E-state index contributed by atoms with van der Waals surface area (Å²) in [5.41, 5.74) is 6.92. The highest BCUT2D eigenvalue weighted by Gasteiger charge is 2.38. The lowest BCUT2D eigenvalue weighted by Gasteiger charge is -2.15. The molecular formula is C13H13F3N2O4. The number of hydrogen-bond acceptors (Lipinski definition) is 4. The van der Waals surface area contributed by atoms with Crippen LogP contribution < -0.4 is 10.6 Å². The first-order valence-corrected chi connectivity index (χ1v) is 5.90. The van der Waals surface area contributed by atoms with Crippen molar-refractivity contribution in [2.75, 3.05) is 18.5 Å². The van der Waals surface area contributed by atoms with Crippen LogP contribution in [-0.2, 0) is 9.59 Å². The van der Waals surface area contributed by atoms with E-state index in [2.05, 4.69) is 0 Å². The number of nitrogens with zero attached hydrogens (tertiary/aromatic N) is 1. The second-order valence-electron chi connectivity index (χ2n) is 4.10. The molecule has 2 rings (SSSR count). The molecule has 0 radical (unpaired) electrons. The van der Waals surface area contributed by atoms with E-state index in [4.69, 9.17) is 20.1 Å². The first-order chi connectivity index (χ1) is 10.2. The van der Waals surface area contributed by atoms with Crippen LogP contribution in [0.2, 0.25) is 0 Å². The molecule has 9 heteroatoms. The molecule has 1 heterocycles. The van der Waals surface area contributed by atoms with Gasteiger partial charge in [-0.2, -0.15) is 13.2 Å². The number of fused-ring (bicyclic) bond motifs is 1. The number of benzene rings is 1. The van der Waals surface area contributed by atoms with Gasteiger partial charge in [0.1, 0.15) is 5.58 Å². The highest BCUT2D eigenvalue weighted by atomic mass is 19.4. The SMILES string of the molecule is CN(C(=O)CN)c1ccc2occc2c1.O=C(O)C(F)(F)F. The molecule has 6 nitrogen and oxygen atoms in total. The van der Waals surface area contributed by atoms with Crippen molar-refractivity contribution >= 4 is 28.5 Å². The van der Waals surface area contributed by atoms with Crippen LogP contribution in [0.15, 0.2) is 34.9 Å². The van der Waals surface area contributed by atoms with Gasteiger partial charge in [-0.05, 0) is 24.3 Å². The lowest BCUT2D eigenvalue weighted by atomic mass is 10.2. The third-order valence-electron chi connectivity index (χ3n) is 2.61. The topological polar surface area (TPSA) is 96.8 Å². The molecule has 0 aliphatic heterocycles. The molecule has 0 fully saturated rings. The number of nitrogens with two attached hydrogens (primary N) is 1. The molecule has 0 aliphatic carbocycles. The Balaban J connectivity index is 0.000000295. The van der Waals surface area contributed by atoms with Gasteiger partial charge in [0.15, 0.2) is 0 Å². The first kappa shape index (κ1) is 17.5. The van der Waals surface area contributed by atoms with Crippen molar-refractivity contribution in [3.05, 3.63) is 30.5 Å². The fourth-order valence-electron chi connectivity index (χ4n) is 1.44. The minimum atomic E-state index is -5.08. The molecule has 0 saturated heterocycles. The van der Waals surface area contributed by atoms with Gasteiger partial charge < -0.3 is 20.2 Å². The number of halogens is 3. The number of alkyl halides is 3. The van der Waals surface area contributed by atoms with Crippen molar-refractivity contribution in [1.29, 1.82) is 0 Å². The van der Waals surface area contributed by atoms with Crippen molar-refractivity contribution < 1.29 is 32.3 Å². The molecule has 2 aromatic rings. The number of hydrogen-bond donors (Lipinski definition) is 2. The molecule has 0 atom stereocenters. The number of rotatable bonds is 2. The number of carbonyl (C=O) groups is 2. The van der Waals surface area contributed by atoms with Gasteiger partial charge in [-0.25, -0.2) is 4.79 Å². The molecular weight excluding hydrogens is 305 g/mol. The zero-order chi connectivity index (χ0) is 16.9. The summed E-state index contributed by atoms with van der Waals surface area (Å²) in [7, 11) is 1.70. The van der Waals surface area contributed by atoms with E-state index in [0.29, 0.717) is 0 Å². The van der Waals surface area contributed by atoms with Crippen LogP contribution in [0.3, 0.4) is 0 Å². The monoisotopic (exact) mass is 318 g/mol. The van der Waals surface area contributed by atoms with Crippen LogP contribution in [0, 0.1) is 0 Å². The summed E-state index contributed by atoms with van der Waals surface area (Å²) in [5, 5.41) is 8.10. The molecule has 0 unspecified atom stereocenters. The third-order valence-corrected chi connectivity index (χ3v) is 2.61. The van der Waals surface area contributed by atoms with E-state index in [0.717, 1.165) is 16.7 Å². The standard InChI is InChI=1S/C11H12N2O2.C2HF3O2/c1-13(11(14)7-12)9-2-3-10-8(6-9)4-5-15-10;3-2(4,5)1(6)7/h2-6H,7,12H2,1H3;(H,6,7). The van der Waals surface area contributed by atoms with Crippen molar-refractivity contribution in [2.24, 2.45) is 5.73 Å². The van der Waals surface area contributed by atoms with Gasteiger partial charge in [0.05, 0.1) is 12.8 Å². The van der Waals surface area contributed by atoms with Crippen LogP contribution in [0.25, 0.3) is 11.0 Å². The Morgan fingerprint density at radius 1 is 1.32 bits per heavy atom. The average molecular weight is 318 g/mol. The largest absolute Gasteiger partial charge is 0.490 e. The molecule has 0 bridgehead atoms. The van der Waals surface area contributed by atoms with E-state index in [1.165, 1.54) is 4.90 Å². The Morgan fingerprint density at radius 2 is 1.91 bits per heavy atom. The molecule has 120 valence electrons. The number of likely N-dealkylation sites (N-methyl/N-ethyl adjacent to an activating group) is 1. The number of furan rings is 1. The number of amides is 1. The van der Waals surface area contributed by atoms with Gasteiger partial charge in [0.25, 0.3) is 0 Å². The number of carboxylic acid groups (broad SMARTS) is 1. The summed E-state index contributed by atoms with van der Waals surface area (Å²) in [4.78, 5) is 21.8. The smallest absolute Gasteiger partial charge is 0.475 e. The van der Waals surface area contributed by atoms with Gasteiger partial charge in [-0.1, -0.05) is 0 Å². The van der Waals surface area contributed by atoms with Gasteiger partial charge in [0, 0.05) is 18.1 Å². The molecule has 3 N–H and O–H groups in total. The summed E-state index contributed by atoms with van der Waals surface area (Å²) < 4.78 is 36.9. The van der Waals surface area contributed by atoms with Crippen molar-refractivity contribution in [3.8, 4) is 0 Å². The summed E-state index contributed by atoms with van der Waals surface area (Å²) in [5.74, 6) is -2.87. The summed E-state index contributed by atoms with van der Waals surface area (Å²) in [6.45, 7) is 0.0138. The summed E-state index contributed by atoms with van der Waals surface area (Å²) in [6, 6.07) is 7.43. The summed E-state index contributed by atoms with van der Waals surface area (Å²) in [6.07, 6.45) is -3.46. The van der Waals surface area contributed by atoms with Crippen molar-refractivity contribution in [3.63, 3.8) is 0 Å². The number of anilines is 1. The Kier molecular flexibility index (Phi) is 5.52. The molecule has 1 aromatic heterocycles. The Labute approximate surface area is 122 Å². The number of aliphatic carboxylic acids is 1. The Hall–Kier alpha value is -2.55. The minimum Gasteiger partial charge on any atom is -0.475 e. The first-order valence-electron chi connectivity index (χ1n) is 5.90. The van der Waals surface area contributed by atoms with Crippen molar-refractivity contribution in [2.45, 2.75) is 6.18 Å². The van der Waals surface area contributed by atoms with Crippen LogP contribution in [0.4, 0.5) is 18.9 Å². The zero-order valence-electron chi connectivity index (χ0n) is 11.4. The van der Waals surface area contributed by atoms with E-state index < -0.39 is 12.1 Å². The Bertz CT molecular complexity index is 667.